The van der Waals surface area contributed by atoms with Gasteiger partial charge in [-0.2, -0.15) is 0 Å². The second-order valence-corrected chi connectivity index (χ2v) is 14.6. The zero-order valence-corrected chi connectivity index (χ0v) is 31.7. The highest BCUT2D eigenvalue weighted by Crippen LogP contribution is 2.21. The third-order valence-electron chi connectivity index (χ3n) is 8.66. The third kappa shape index (κ3) is 28.8. The third-order valence-corrected chi connectivity index (χ3v) is 9.63. The van der Waals surface area contributed by atoms with Crippen molar-refractivity contribution in [3.63, 3.8) is 0 Å². The number of ether oxygens (including phenoxy) is 1. The van der Waals surface area contributed by atoms with Crippen LogP contribution in [-0.4, -0.2) is 61.4 Å². The van der Waals surface area contributed by atoms with Gasteiger partial charge in [-0.1, -0.05) is 135 Å². The lowest BCUT2D eigenvalue weighted by Crippen LogP contribution is -2.40. The fourth-order valence-electron chi connectivity index (χ4n) is 5.55. The van der Waals surface area contributed by atoms with E-state index in [2.05, 4.69) is 38.2 Å². The van der Waals surface area contributed by atoms with Crippen LogP contribution in [0.1, 0.15) is 168 Å². The normalized spacial score (nSPS) is 12.9. The highest BCUT2D eigenvalue weighted by Gasteiger charge is 2.29. The van der Waals surface area contributed by atoms with E-state index in [1.165, 1.54) is 95.2 Å². The van der Waals surface area contributed by atoms with Gasteiger partial charge in [0.2, 0.25) is 5.91 Å². The summed E-state index contributed by atoms with van der Waals surface area (Å²) in [4.78, 5) is 40.7. The average Bonchev–Trinajstić information content (AvgIpc) is 3.03. The van der Waals surface area contributed by atoms with Gasteiger partial charge in [0.05, 0.1) is 6.61 Å². The first kappa shape index (κ1) is 44.7. The summed E-state index contributed by atoms with van der Waals surface area (Å²) in [6.07, 6.45) is 30.9. The minimum atomic E-state index is -0.866. The number of carbonyl (C=O) groups excluding carboxylic acids is 3. The van der Waals surface area contributed by atoms with Crippen molar-refractivity contribution in [1.82, 2.24) is 10.2 Å². The van der Waals surface area contributed by atoms with Gasteiger partial charge < -0.3 is 15.0 Å². The fourth-order valence-corrected chi connectivity index (χ4v) is 6.42. The summed E-state index contributed by atoms with van der Waals surface area (Å²) in [7, 11) is 3.90. The molecule has 6 nitrogen and oxygen atoms in total. The minimum absolute atomic E-state index is 0.157. The molecular weight excluding hydrogens is 593 g/mol. The summed E-state index contributed by atoms with van der Waals surface area (Å²) in [6.45, 7) is 8.23. The molecule has 0 saturated carbocycles. The summed E-state index contributed by atoms with van der Waals surface area (Å²) >= 11 is 1.26. The van der Waals surface area contributed by atoms with Gasteiger partial charge in [0, 0.05) is 25.3 Å². The highest BCUT2D eigenvalue weighted by atomic mass is 32.2. The molecule has 0 radical (unpaired) electrons. The van der Waals surface area contributed by atoms with E-state index in [4.69, 9.17) is 4.74 Å². The molecule has 7 heteroatoms. The first-order valence-corrected chi connectivity index (χ1v) is 20.2. The molecule has 270 valence electrons. The number of likely N-dealkylation sites (N-methyl/N-ethyl adjacent to an activating group) is 1. The summed E-state index contributed by atoms with van der Waals surface area (Å²) in [6, 6.07) is 0. The molecule has 46 heavy (non-hydrogen) atoms. The molecule has 0 rings (SSSR count). The second-order valence-electron chi connectivity index (χ2n) is 13.5. The molecule has 0 fully saturated rings. The van der Waals surface area contributed by atoms with Crippen LogP contribution in [-0.2, 0) is 19.1 Å². The molecule has 0 spiro atoms. The van der Waals surface area contributed by atoms with Gasteiger partial charge in [0.1, 0.15) is 5.92 Å². The monoisotopic (exact) mass is 667 g/mol. The van der Waals surface area contributed by atoms with Crippen molar-refractivity contribution in [2.75, 3.05) is 39.5 Å². The maximum atomic E-state index is 13.1. The van der Waals surface area contributed by atoms with Crippen LogP contribution in [0.5, 0.6) is 0 Å². The summed E-state index contributed by atoms with van der Waals surface area (Å²) in [5, 5.41) is 3.06. The Morgan fingerprint density at radius 3 is 1.85 bits per heavy atom. The SMILES string of the molecule is CCCCCCCC/C=C\CCCCCCCC(=O)SCCC(C(=O)NCCN(C)C)C(=O)OCC(CCCC)CCCCCC. The Morgan fingerprint density at radius 2 is 1.24 bits per heavy atom. The molecule has 0 aliphatic heterocycles. The molecule has 0 aromatic rings. The molecule has 0 heterocycles. The Labute approximate surface area is 289 Å². The fraction of sp³-hybridized carbons (Fsp3) is 0.872. The van der Waals surface area contributed by atoms with Crippen molar-refractivity contribution < 1.29 is 19.1 Å². The largest absolute Gasteiger partial charge is 0.465 e. The molecule has 0 aliphatic carbocycles. The zero-order valence-electron chi connectivity index (χ0n) is 30.9. The van der Waals surface area contributed by atoms with E-state index in [-0.39, 0.29) is 11.0 Å². The minimum Gasteiger partial charge on any atom is -0.465 e. The zero-order chi connectivity index (χ0) is 34.1. The Bertz CT molecular complexity index is 758. The van der Waals surface area contributed by atoms with Crippen LogP contribution < -0.4 is 5.32 Å². The number of amides is 1. The van der Waals surface area contributed by atoms with E-state index in [1.54, 1.807) is 0 Å². The molecule has 0 saturated heterocycles. The van der Waals surface area contributed by atoms with Gasteiger partial charge in [0.15, 0.2) is 5.12 Å². The van der Waals surface area contributed by atoms with Crippen molar-refractivity contribution in [3.05, 3.63) is 12.2 Å². The molecule has 2 atom stereocenters. The predicted octanol–water partition coefficient (Wildman–Crippen LogP) is 10.3. The van der Waals surface area contributed by atoms with E-state index in [1.807, 2.05) is 19.0 Å². The Morgan fingerprint density at radius 1 is 0.696 bits per heavy atom. The molecule has 0 aliphatic rings. The molecule has 0 aromatic heterocycles. The molecule has 1 amide bonds. The lowest BCUT2D eigenvalue weighted by molar-refractivity contribution is -0.154. The maximum absolute atomic E-state index is 13.1. The van der Waals surface area contributed by atoms with Gasteiger partial charge in [-0.25, -0.2) is 0 Å². The summed E-state index contributed by atoms with van der Waals surface area (Å²) in [5.74, 6) is -0.788. The van der Waals surface area contributed by atoms with Crippen LogP contribution in [0.4, 0.5) is 0 Å². The van der Waals surface area contributed by atoms with E-state index in [0.29, 0.717) is 44.2 Å². The van der Waals surface area contributed by atoms with E-state index in [9.17, 15) is 14.4 Å². The van der Waals surface area contributed by atoms with Gasteiger partial charge in [-0.05, 0) is 71.4 Å². The lowest BCUT2D eigenvalue weighted by atomic mass is 9.96. The van der Waals surface area contributed by atoms with E-state index >= 15 is 0 Å². The van der Waals surface area contributed by atoms with E-state index in [0.717, 1.165) is 51.4 Å². The summed E-state index contributed by atoms with van der Waals surface area (Å²) < 4.78 is 5.78. The van der Waals surface area contributed by atoms with E-state index < -0.39 is 11.9 Å². The number of nitrogens with one attached hydrogen (secondary N) is 1. The van der Waals surface area contributed by atoms with Gasteiger partial charge in [-0.3, -0.25) is 14.4 Å². The molecule has 0 aromatic carbocycles. The van der Waals surface area contributed by atoms with Gasteiger partial charge >= 0.3 is 5.97 Å². The number of hydrogen-bond acceptors (Lipinski definition) is 6. The Balaban J connectivity index is 4.41. The van der Waals surface area contributed by atoms with Crippen LogP contribution in [0.15, 0.2) is 12.2 Å². The van der Waals surface area contributed by atoms with Crippen molar-refractivity contribution in [3.8, 4) is 0 Å². The Kier molecular flexibility index (Phi) is 32.6. The van der Waals surface area contributed by atoms with Crippen molar-refractivity contribution >= 4 is 28.8 Å². The number of unbranched alkanes of at least 4 members (excludes halogenated alkanes) is 15. The van der Waals surface area contributed by atoms with Crippen LogP contribution >= 0.6 is 11.8 Å². The number of rotatable bonds is 33. The quantitative estimate of drug-likeness (QED) is 0.0325. The topological polar surface area (TPSA) is 75.7 Å². The van der Waals surface area contributed by atoms with Gasteiger partial charge in [0.25, 0.3) is 0 Å². The first-order chi connectivity index (χ1) is 22.3. The summed E-state index contributed by atoms with van der Waals surface area (Å²) in [5.41, 5.74) is 0. The predicted molar refractivity (Wildman–Crippen MR) is 199 cm³/mol. The average molecular weight is 667 g/mol. The number of allylic oxidation sites excluding steroid dienone is 2. The lowest BCUT2D eigenvalue weighted by Gasteiger charge is -2.20. The Hall–Kier alpha value is -1.34. The van der Waals surface area contributed by atoms with Crippen LogP contribution in [0.2, 0.25) is 0 Å². The standard InChI is InChI=1S/C39H74N2O4S/c1-6-9-12-14-15-16-17-18-19-20-21-22-23-24-26-29-37(42)46-33-30-36(38(43)40-31-32-41(4)5)39(44)45-34-35(27-11-8-3)28-25-13-10-7-2/h18-19,35-36H,6-17,20-34H2,1-5H3,(H,40,43)/b19-18-. The van der Waals surface area contributed by atoms with Crippen molar-refractivity contribution in [2.24, 2.45) is 11.8 Å². The number of hydrogen-bond donors (Lipinski definition) is 1. The van der Waals surface area contributed by atoms with Crippen LogP contribution in [0, 0.1) is 11.8 Å². The number of thioether (sulfide) groups is 1. The second kappa shape index (κ2) is 33.6. The molecule has 1 N–H and O–H groups in total. The van der Waals surface area contributed by atoms with Crippen LogP contribution in [0.3, 0.4) is 0 Å². The van der Waals surface area contributed by atoms with Gasteiger partial charge in [-0.15, -0.1) is 0 Å². The van der Waals surface area contributed by atoms with Crippen molar-refractivity contribution in [2.45, 2.75) is 168 Å². The number of esters is 1. The van der Waals surface area contributed by atoms with Crippen molar-refractivity contribution in [1.29, 1.82) is 0 Å². The van der Waals surface area contributed by atoms with Crippen LogP contribution in [0.25, 0.3) is 0 Å². The number of carbonyl (C=O) groups is 3. The highest BCUT2D eigenvalue weighted by molar-refractivity contribution is 8.13. The number of nitrogens with zero attached hydrogens (tertiary/aromatic N) is 1. The maximum Gasteiger partial charge on any atom is 0.318 e. The molecule has 0 bridgehead atoms. The molecular formula is C39H74N2O4S. The smallest absolute Gasteiger partial charge is 0.318 e. The first-order valence-electron chi connectivity index (χ1n) is 19.2. The molecule has 2 unspecified atom stereocenters.